The molecule has 0 spiro atoms. The Bertz CT molecular complexity index is 409. The maximum absolute atomic E-state index is 12.3. The topological polar surface area (TPSA) is 48.7 Å². The van der Waals surface area contributed by atoms with E-state index in [1.807, 2.05) is 31.1 Å². The summed E-state index contributed by atoms with van der Waals surface area (Å²) >= 11 is 0. The van der Waals surface area contributed by atoms with Crippen LogP contribution in [-0.2, 0) is 0 Å². The number of likely N-dealkylation sites (N-methyl/N-ethyl adjacent to an activating group) is 1. The summed E-state index contributed by atoms with van der Waals surface area (Å²) in [5.74, 6) is 0.882. The first-order valence-electron chi connectivity index (χ1n) is 7.91. The molecule has 1 N–H and O–H groups in total. The zero-order chi connectivity index (χ0) is 15.1. The third-order valence-electron chi connectivity index (χ3n) is 4.08. The molecule has 0 aliphatic carbocycles. The summed E-state index contributed by atoms with van der Waals surface area (Å²) in [6.45, 7) is 2.31. The van der Waals surface area contributed by atoms with Crippen molar-refractivity contribution in [3.8, 4) is 0 Å². The van der Waals surface area contributed by atoms with Crippen LogP contribution in [-0.4, -0.2) is 49.6 Å². The van der Waals surface area contributed by atoms with Gasteiger partial charge in [-0.2, -0.15) is 0 Å². The lowest BCUT2D eigenvalue weighted by Crippen LogP contribution is -2.44. The van der Waals surface area contributed by atoms with Gasteiger partial charge in [0, 0.05) is 19.6 Å². The van der Waals surface area contributed by atoms with E-state index < -0.39 is 0 Å². The largest absolute Gasteiger partial charge is 0.468 e. The molecule has 1 aromatic rings. The van der Waals surface area contributed by atoms with Crippen molar-refractivity contribution in [3.63, 3.8) is 0 Å². The summed E-state index contributed by atoms with van der Waals surface area (Å²) in [4.78, 5) is 16.3. The van der Waals surface area contributed by atoms with E-state index in [9.17, 15) is 4.79 Å². The lowest BCUT2D eigenvalue weighted by molar-refractivity contribution is 0.184. The average Bonchev–Trinajstić information content (AvgIpc) is 2.91. The molecular formula is C16H27N3O2. The molecule has 1 unspecified atom stereocenters. The summed E-state index contributed by atoms with van der Waals surface area (Å²) in [6, 6.07) is 3.95. The number of hydrogen-bond acceptors (Lipinski definition) is 3. The molecule has 1 aromatic heterocycles. The van der Waals surface area contributed by atoms with Crippen molar-refractivity contribution in [2.75, 3.05) is 33.7 Å². The number of carbonyl (C=O) groups is 1. The number of hydrogen-bond donors (Lipinski definition) is 1. The molecule has 1 aliphatic heterocycles. The third kappa shape index (κ3) is 4.77. The van der Waals surface area contributed by atoms with Gasteiger partial charge in [0.1, 0.15) is 5.76 Å². The zero-order valence-corrected chi connectivity index (χ0v) is 13.2. The predicted molar refractivity (Wildman–Crippen MR) is 83.2 cm³/mol. The molecule has 1 fully saturated rings. The summed E-state index contributed by atoms with van der Waals surface area (Å²) in [5, 5.41) is 3.06. The molecule has 0 bridgehead atoms. The maximum Gasteiger partial charge on any atom is 0.317 e. The van der Waals surface area contributed by atoms with Crippen LogP contribution in [0.4, 0.5) is 4.79 Å². The first-order chi connectivity index (χ1) is 10.2. The second kappa shape index (κ2) is 8.08. The number of rotatable bonds is 4. The van der Waals surface area contributed by atoms with Gasteiger partial charge in [-0.15, -0.1) is 0 Å². The zero-order valence-electron chi connectivity index (χ0n) is 13.2. The average molecular weight is 293 g/mol. The molecule has 2 amide bonds. The highest BCUT2D eigenvalue weighted by Crippen LogP contribution is 2.18. The van der Waals surface area contributed by atoms with Crippen LogP contribution in [0.2, 0.25) is 0 Å². The molecule has 1 aliphatic rings. The van der Waals surface area contributed by atoms with E-state index in [1.165, 1.54) is 19.3 Å². The SMILES string of the molecule is CN(C)C(CNC(=O)N1CCCCCCC1)c1ccco1. The van der Waals surface area contributed by atoms with Gasteiger partial charge in [-0.3, -0.25) is 4.90 Å². The molecule has 0 radical (unpaired) electrons. The minimum absolute atomic E-state index is 0.0512. The van der Waals surface area contributed by atoms with E-state index >= 15 is 0 Å². The standard InChI is InChI=1S/C16H27N3O2/c1-18(2)14(15-9-8-12-21-15)13-17-16(20)19-10-6-4-3-5-7-11-19/h8-9,12,14H,3-7,10-11,13H2,1-2H3,(H,17,20). The van der Waals surface area contributed by atoms with Crippen molar-refractivity contribution in [2.45, 2.75) is 38.1 Å². The highest BCUT2D eigenvalue weighted by Gasteiger charge is 2.20. The smallest absolute Gasteiger partial charge is 0.317 e. The minimum Gasteiger partial charge on any atom is -0.468 e. The van der Waals surface area contributed by atoms with E-state index in [0.717, 1.165) is 31.7 Å². The van der Waals surface area contributed by atoms with Gasteiger partial charge in [0.15, 0.2) is 0 Å². The maximum atomic E-state index is 12.3. The van der Waals surface area contributed by atoms with Crippen molar-refractivity contribution in [1.82, 2.24) is 15.1 Å². The third-order valence-corrected chi connectivity index (χ3v) is 4.08. The van der Waals surface area contributed by atoms with Gasteiger partial charge < -0.3 is 14.6 Å². The van der Waals surface area contributed by atoms with Gasteiger partial charge in [-0.25, -0.2) is 4.79 Å². The van der Waals surface area contributed by atoms with Crippen LogP contribution in [0.3, 0.4) is 0 Å². The lowest BCUT2D eigenvalue weighted by atomic mass is 10.1. The van der Waals surface area contributed by atoms with Crippen molar-refractivity contribution >= 4 is 6.03 Å². The van der Waals surface area contributed by atoms with Crippen LogP contribution >= 0.6 is 0 Å². The number of furan rings is 1. The molecule has 21 heavy (non-hydrogen) atoms. The normalized spacial score (nSPS) is 18.1. The molecule has 1 saturated heterocycles. The number of likely N-dealkylation sites (tertiary alicyclic amines) is 1. The molecular weight excluding hydrogens is 266 g/mol. The van der Waals surface area contributed by atoms with Crippen molar-refractivity contribution < 1.29 is 9.21 Å². The summed E-state index contributed by atoms with van der Waals surface area (Å²) in [7, 11) is 3.99. The fourth-order valence-corrected chi connectivity index (χ4v) is 2.76. The fraction of sp³-hybridized carbons (Fsp3) is 0.688. The summed E-state index contributed by atoms with van der Waals surface area (Å²) in [5.41, 5.74) is 0. The van der Waals surface area contributed by atoms with Crippen LogP contribution in [0.5, 0.6) is 0 Å². The van der Waals surface area contributed by atoms with Gasteiger partial charge in [0.25, 0.3) is 0 Å². The molecule has 2 rings (SSSR count). The van der Waals surface area contributed by atoms with Crippen LogP contribution in [0.1, 0.15) is 43.9 Å². The highest BCUT2D eigenvalue weighted by atomic mass is 16.3. The van der Waals surface area contributed by atoms with Gasteiger partial charge in [-0.1, -0.05) is 19.3 Å². The fourth-order valence-electron chi connectivity index (χ4n) is 2.76. The number of carbonyl (C=O) groups excluding carboxylic acids is 1. The van der Waals surface area contributed by atoms with Gasteiger partial charge in [0.05, 0.1) is 12.3 Å². The predicted octanol–water partition coefficient (Wildman–Crippen LogP) is 2.86. The molecule has 5 nitrogen and oxygen atoms in total. The Hall–Kier alpha value is -1.49. The Morgan fingerprint density at radius 1 is 1.29 bits per heavy atom. The second-order valence-corrected chi connectivity index (χ2v) is 5.94. The molecule has 118 valence electrons. The Morgan fingerprint density at radius 2 is 1.95 bits per heavy atom. The number of urea groups is 1. The summed E-state index contributed by atoms with van der Waals surface area (Å²) < 4.78 is 5.46. The molecule has 1 atom stereocenters. The van der Waals surface area contributed by atoms with Crippen LogP contribution in [0.25, 0.3) is 0 Å². The van der Waals surface area contributed by atoms with Gasteiger partial charge >= 0.3 is 6.03 Å². The van der Waals surface area contributed by atoms with Gasteiger partial charge in [0.2, 0.25) is 0 Å². The molecule has 0 aromatic carbocycles. The van der Waals surface area contributed by atoms with Crippen LogP contribution in [0, 0.1) is 0 Å². The number of nitrogens with one attached hydrogen (secondary N) is 1. The van der Waals surface area contributed by atoms with E-state index in [1.54, 1.807) is 6.26 Å². The quantitative estimate of drug-likeness (QED) is 0.928. The second-order valence-electron chi connectivity index (χ2n) is 5.94. The summed E-state index contributed by atoms with van der Waals surface area (Å²) in [6.07, 6.45) is 7.67. The Morgan fingerprint density at radius 3 is 2.52 bits per heavy atom. The van der Waals surface area contributed by atoms with Crippen molar-refractivity contribution in [2.24, 2.45) is 0 Å². The Labute approximate surface area is 127 Å². The van der Waals surface area contributed by atoms with Crippen molar-refractivity contribution in [3.05, 3.63) is 24.2 Å². The van der Waals surface area contributed by atoms with Crippen molar-refractivity contribution in [1.29, 1.82) is 0 Å². The first kappa shape index (κ1) is 15.9. The highest BCUT2D eigenvalue weighted by molar-refractivity contribution is 5.74. The monoisotopic (exact) mass is 293 g/mol. The van der Waals surface area contributed by atoms with E-state index in [4.69, 9.17) is 4.42 Å². The Balaban J connectivity index is 1.86. The van der Waals surface area contributed by atoms with Gasteiger partial charge in [-0.05, 0) is 39.1 Å². The lowest BCUT2D eigenvalue weighted by Gasteiger charge is -2.27. The molecule has 5 heteroatoms. The first-order valence-corrected chi connectivity index (χ1v) is 7.91. The molecule has 2 heterocycles. The number of nitrogens with zero attached hydrogens (tertiary/aromatic N) is 2. The van der Waals surface area contributed by atoms with Crippen LogP contribution < -0.4 is 5.32 Å². The van der Waals surface area contributed by atoms with Crippen LogP contribution in [0.15, 0.2) is 22.8 Å². The minimum atomic E-state index is 0.0512. The van der Waals surface area contributed by atoms with E-state index in [2.05, 4.69) is 10.2 Å². The van der Waals surface area contributed by atoms with E-state index in [-0.39, 0.29) is 12.1 Å². The number of amides is 2. The Kier molecular flexibility index (Phi) is 6.11. The van der Waals surface area contributed by atoms with E-state index in [0.29, 0.717) is 6.54 Å². The molecule has 0 saturated carbocycles.